The lowest BCUT2D eigenvalue weighted by atomic mass is 10.1. The maximum Gasteiger partial charge on any atom is 0.415 e. The van der Waals surface area contributed by atoms with Crippen molar-refractivity contribution in [2.45, 2.75) is 13.1 Å². The number of carbonyl (C=O) groups is 2. The number of carbonyl (C=O) groups excluding carboxylic acids is 2. The summed E-state index contributed by atoms with van der Waals surface area (Å²) in [5, 5.41) is 3.53. The molecule has 23 heavy (non-hydrogen) atoms. The number of methoxy groups -OCH3 is 1. The second-order valence-corrected chi connectivity index (χ2v) is 4.61. The highest BCUT2D eigenvalue weighted by Gasteiger charge is 2.24. The van der Waals surface area contributed by atoms with Gasteiger partial charge >= 0.3 is 6.09 Å². The summed E-state index contributed by atoms with van der Waals surface area (Å²) in [7, 11) is 1.61. The predicted octanol–water partition coefficient (Wildman–Crippen LogP) is 1.95. The van der Waals surface area contributed by atoms with Crippen molar-refractivity contribution in [3.05, 3.63) is 53.8 Å². The van der Waals surface area contributed by atoms with E-state index in [2.05, 4.69) is 10.5 Å². The molecule has 1 aliphatic rings. The zero-order chi connectivity index (χ0) is 16.5. The molecular weight excluding hydrogens is 298 g/mol. The van der Waals surface area contributed by atoms with E-state index in [1.54, 1.807) is 30.2 Å². The van der Waals surface area contributed by atoms with Crippen LogP contribution in [0.2, 0.25) is 0 Å². The molecular formula is C16H17N3O4. The second kappa shape index (κ2) is 8.38. The molecule has 1 aromatic rings. The summed E-state index contributed by atoms with van der Waals surface area (Å²) in [6.07, 6.45) is 7.49. The van der Waals surface area contributed by atoms with Crippen LogP contribution in [0.4, 0.5) is 4.79 Å². The second-order valence-electron chi connectivity index (χ2n) is 4.61. The Morgan fingerprint density at radius 1 is 1.26 bits per heavy atom. The monoisotopic (exact) mass is 315 g/mol. The topological polar surface area (TPSA) is 80.2 Å². The van der Waals surface area contributed by atoms with E-state index in [4.69, 9.17) is 9.47 Å². The van der Waals surface area contributed by atoms with Crippen molar-refractivity contribution in [1.82, 2.24) is 10.3 Å². The van der Waals surface area contributed by atoms with Crippen molar-refractivity contribution < 1.29 is 19.1 Å². The first-order valence-corrected chi connectivity index (χ1v) is 6.90. The van der Waals surface area contributed by atoms with Gasteiger partial charge in [0.1, 0.15) is 5.75 Å². The fraction of sp³-hybridized carbons (Fsp3) is 0.188. The van der Waals surface area contributed by atoms with Gasteiger partial charge in [0, 0.05) is 19.3 Å². The summed E-state index contributed by atoms with van der Waals surface area (Å²) < 4.78 is 10.2. The highest BCUT2D eigenvalue weighted by atomic mass is 16.5. The molecule has 0 radical (unpaired) electrons. The van der Waals surface area contributed by atoms with E-state index < -0.39 is 6.09 Å². The summed E-state index contributed by atoms with van der Waals surface area (Å²) in [5.74, 6) is 0.773. The summed E-state index contributed by atoms with van der Waals surface area (Å²) >= 11 is 0. The molecule has 2 rings (SSSR count). The first kappa shape index (κ1) is 16.3. The highest BCUT2D eigenvalue weighted by molar-refractivity contribution is 5.72. The molecule has 0 saturated carbocycles. The van der Waals surface area contributed by atoms with Crippen LogP contribution in [0.25, 0.3) is 0 Å². The quantitative estimate of drug-likeness (QED) is 0.286. The van der Waals surface area contributed by atoms with Crippen LogP contribution in [-0.4, -0.2) is 30.7 Å². The van der Waals surface area contributed by atoms with Gasteiger partial charge < -0.3 is 9.47 Å². The van der Waals surface area contributed by atoms with Gasteiger partial charge in [-0.05, 0) is 35.4 Å². The summed E-state index contributed by atoms with van der Waals surface area (Å²) in [4.78, 5) is 23.5. The van der Waals surface area contributed by atoms with E-state index in [1.165, 1.54) is 12.5 Å². The van der Waals surface area contributed by atoms with Gasteiger partial charge in [-0.25, -0.2) is 10.2 Å². The molecule has 0 atom stereocenters. The Morgan fingerprint density at radius 3 is 2.87 bits per heavy atom. The number of amides is 2. The van der Waals surface area contributed by atoms with E-state index in [0.717, 1.165) is 16.9 Å². The Bertz CT molecular complexity index is 653. The maximum absolute atomic E-state index is 12.0. The van der Waals surface area contributed by atoms with E-state index >= 15 is 0 Å². The lowest BCUT2D eigenvalue weighted by Gasteiger charge is -2.12. The molecule has 0 aromatic heterocycles. The van der Waals surface area contributed by atoms with Crippen LogP contribution in [0.5, 0.6) is 5.75 Å². The number of ether oxygens (including phenoxy) is 2. The normalized spacial score (nSPS) is 13.7. The lowest BCUT2D eigenvalue weighted by Crippen LogP contribution is -2.24. The van der Waals surface area contributed by atoms with Gasteiger partial charge in [0.2, 0.25) is 6.41 Å². The Kier molecular flexibility index (Phi) is 5.93. The van der Waals surface area contributed by atoms with Crippen LogP contribution in [0.3, 0.4) is 0 Å². The molecule has 0 unspecified atom stereocenters. The van der Waals surface area contributed by atoms with Crippen LogP contribution >= 0.6 is 0 Å². The maximum atomic E-state index is 12.0. The number of allylic oxidation sites excluding steroid dienone is 3. The van der Waals surface area contributed by atoms with Crippen LogP contribution < -0.4 is 10.2 Å². The van der Waals surface area contributed by atoms with Crippen molar-refractivity contribution >= 4 is 18.7 Å². The number of benzene rings is 1. The van der Waals surface area contributed by atoms with Gasteiger partial charge in [0.25, 0.3) is 0 Å². The zero-order valence-corrected chi connectivity index (χ0v) is 12.6. The molecule has 1 aliphatic heterocycles. The summed E-state index contributed by atoms with van der Waals surface area (Å²) in [6, 6.07) is 5.75. The Morgan fingerprint density at radius 2 is 2.09 bits per heavy atom. The van der Waals surface area contributed by atoms with Gasteiger partial charge in [-0.1, -0.05) is 12.1 Å². The van der Waals surface area contributed by atoms with E-state index in [1.807, 2.05) is 18.2 Å². The molecule has 120 valence electrons. The molecule has 0 saturated heterocycles. The van der Waals surface area contributed by atoms with Gasteiger partial charge in [0.15, 0.2) is 0 Å². The molecule has 0 bridgehead atoms. The average Bonchev–Trinajstić information content (AvgIpc) is 3.00. The van der Waals surface area contributed by atoms with Crippen molar-refractivity contribution in [2.75, 3.05) is 7.11 Å². The van der Waals surface area contributed by atoms with Gasteiger partial charge in [-0.3, -0.25) is 9.69 Å². The molecule has 0 aliphatic carbocycles. The third-order valence-electron chi connectivity index (χ3n) is 3.15. The van der Waals surface area contributed by atoms with Gasteiger partial charge in [0.05, 0.1) is 13.4 Å². The molecule has 1 heterocycles. The van der Waals surface area contributed by atoms with E-state index in [9.17, 15) is 9.59 Å². The standard InChI is InChI=1S/C16H17N3O4/c1-22-15-6-5-13-10-19(11-14(13)9-15)16(21)23-8-4-2-3-7-17-18-12-20/h2-9,12H,10-11H2,1H3,(H,18,20). The van der Waals surface area contributed by atoms with Crippen LogP contribution in [0, 0.1) is 0 Å². The van der Waals surface area contributed by atoms with E-state index in [-0.39, 0.29) is 0 Å². The largest absolute Gasteiger partial charge is 0.497 e. The SMILES string of the molecule is COc1ccc2c(c1)CN(C(=O)OC=CC=CC=NNC=O)C2. The van der Waals surface area contributed by atoms with Gasteiger partial charge in [-0.15, -0.1) is 0 Å². The van der Waals surface area contributed by atoms with Crippen LogP contribution in [0.1, 0.15) is 11.1 Å². The smallest absolute Gasteiger partial charge is 0.415 e. The zero-order valence-electron chi connectivity index (χ0n) is 12.6. The minimum Gasteiger partial charge on any atom is -0.497 e. The van der Waals surface area contributed by atoms with E-state index in [0.29, 0.717) is 19.5 Å². The molecule has 7 nitrogen and oxygen atoms in total. The number of hydrogen-bond donors (Lipinski definition) is 1. The lowest BCUT2D eigenvalue weighted by molar-refractivity contribution is -0.109. The van der Waals surface area contributed by atoms with Crippen LogP contribution in [-0.2, 0) is 22.6 Å². The fourth-order valence-electron chi connectivity index (χ4n) is 2.07. The number of rotatable bonds is 6. The average molecular weight is 315 g/mol. The Balaban J connectivity index is 1.80. The number of hydrazone groups is 1. The van der Waals surface area contributed by atoms with Crippen molar-refractivity contribution in [3.63, 3.8) is 0 Å². The van der Waals surface area contributed by atoms with Gasteiger partial charge in [-0.2, -0.15) is 5.10 Å². The summed E-state index contributed by atoms with van der Waals surface area (Å²) in [6.45, 7) is 1.02. The molecule has 2 amide bonds. The number of nitrogens with zero attached hydrogens (tertiary/aromatic N) is 2. The van der Waals surface area contributed by atoms with Crippen LogP contribution in [0.15, 0.2) is 47.8 Å². The number of fused-ring (bicyclic) bond motifs is 1. The van der Waals surface area contributed by atoms with Crippen molar-refractivity contribution in [1.29, 1.82) is 0 Å². The first-order valence-electron chi connectivity index (χ1n) is 6.90. The Labute approximate surface area is 133 Å². The molecule has 1 aromatic carbocycles. The predicted molar refractivity (Wildman–Crippen MR) is 84.7 cm³/mol. The highest BCUT2D eigenvalue weighted by Crippen LogP contribution is 2.26. The number of hydrogen-bond acceptors (Lipinski definition) is 5. The number of nitrogens with one attached hydrogen (secondary N) is 1. The molecule has 0 fully saturated rings. The molecule has 0 spiro atoms. The third kappa shape index (κ3) is 4.70. The van der Waals surface area contributed by atoms with Crippen molar-refractivity contribution in [2.24, 2.45) is 5.10 Å². The summed E-state index contributed by atoms with van der Waals surface area (Å²) in [5.41, 5.74) is 4.27. The molecule has 7 heteroatoms. The minimum atomic E-state index is -0.416. The van der Waals surface area contributed by atoms with Crippen molar-refractivity contribution in [3.8, 4) is 5.75 Å². The Hall–Kier alpha value is -3.09. The first-order chi connectivity index (χ1) is 11.2. The fourth-order valence-corrected chi connectivity index (χ4v) is 2.07. The minimum absolute atomic E-state index is 0.416. The molecule has 1 N–H and O–H groups in total. The third-order valence-corrected chi connectivity index (χ3v) is 3.15.